The molecule has 2 aromatic rings. The van der Waals surface area contributed by atoms with Crippen LogP contribution in [0, 0.1) is 0 Å². The second-order valence-corrected chi connectivity index (χ2v) is 5.31. The molecule has 0 saturated carbocycles. The molecule has 1 aromatic heterocycles. The smallest absolute Gasteiger partial charge is 0.326 e. The Labute approximate surface area is 104 Å². The maximum atomic E-state index is 11.7. The van der Waals surface area contributed by atoms with E-state index in [1.807, 2.05) is 19.2 Å². The van der Waals surface area contributed by atoms with Crippen molar-refractivity contribution in [3.8, 4) is 0 Å². The van der Waals surface area contributed by atoms with Gasteiger partial charge in [-0.05, 0) is 18.6 Å². The lowest BCUT2D eigenvalue weighted by Gasteiger charge is -2.30. The standard InChI is InChI=1S/C13H16N4O/c1-16-12-10(15-13(16)18)3-2-4-11(12)17-7-8-5-9(17)6-14-8/h2-4,8-9,14H,5-7H2,1H3,(H,15,18)/t8-,9-/m0/s1. The molecule has 0 amide bonds. The van der Waals surface area contributed by atoms with Crippen LogP contribution in [0.4, 0.5) is 5.69 Å². The molecule has 5 nitrogen and oxygen atoms in total. The average Bonchev–Trinajstić information content (AvgIpc) is 3.05. The highest BCUT2D eigenvalue weighted by Crippen LogP contribution is 2.33. The predicted octanol–water partition coefficient (Wildman–Crippen LogP) is 0.417. The second kappa shape index (κ2) is 3.38. The van der Waals surface area contributed by atoms with Crippen LogP contribution in [0.1, 0.15) is 6.42 Å². The molecule has 2 atom stereocenters. The van der Waals surface area contributed by atoms with Crippen LogP contribution in [0.3, 0.4) is 0 Å². The average molecular weight is 244 g/mol. The summed E-state index contributed by atoms with van der Waals surface area (Å²) in [5.41, 5.74) is 3.09. The van der Waals surface area contributed by atoms with E-state index < -0.39 is 0 Å². The van der Waals surface area contributed by atoms with Gasteiger partial charge in [-0.25, -0.2) is 4.79 Å². The van der Waals surface area contributed by atoms with E-state index in [2.05, 4.69) is 21.3 Å². The Kier molecular flexibility index (Phi) is 1.92. The Morgan fingerprint density at radius 1 is 1.39 bits per heavy atom. The van der Waals surface area contributed by atoms with E-state index in [-0.39, 0.29) is 5.69 Å². The number of hydrogen-bond acceptors (Lipinski definition) is 3. The number of imidazole rings is 1. The SMILES string of the molecule is Cn1c(=O)[nH]c2cccc(N3C[C@@H]4C[C@H]3CN4)c21. The highest BCUT2D eigenvalue weighted by Gasteiger charge is 2.38. The van der Waals surface area contributed by atoms with Crippen LogP contribution in [-0.4, -0.2) is 34.7 Å². The molecular formula is C13H16N4O. The zero-order valence-corrected chi connectivity index (χ0v) is 10.3. The number of aromatic amines is 1. The summed E-state index contributed by atoms with van der Waals surface area (Å²) < 4.78 is 1.71. The number of nitrogens with one attached hydrogen (secondary N) is 2. The normalized spacial score (nSPS) is 26.4. The second-order valence-electron chi connectivity index (χ2n) is 5.31. The van der Waals surface area contributed by atoms with Crippen molar-refractivity contribution in [2.75, 3.05) is 18.0 Å². The Morgan fingerprint density at radius 3 is 3.00 bits per heavy atom. The number of H-pyrrole nitrogens is 1. The molecule has 2 bridgehead atoms. The van der Waals surface area contributed by atoms with Gasteiger partial charge in [0.25, 0.3) is 0 Å². The van der Waals surface area contributed by atoms with Gasteiger partial charge >= 0.3 is 5.69 Å². The maximum Gasteiger partial charge on any atom is 0.326 e. The number of fused-ring (bicyclic) bond motifs is 3. The monoisotopic (exact) mass is 244 g/mol. The minimum absolute atomic E-state index is 0.0417. The molecule has 0 spiro atoms. The number of anilines is 1. The van der Waals surface area contributed by atoms with Crippen molar-refractivity contribution in [1.82, 2.24) is 14.9 Å². The van der Waals surface area contributed by atoms with E-state index in [4.69, 9.17) is 0 Å². The van der Waals surface area contributed by atoms with Gasteiger partial charge in [0.05, 0.1) is 16.7 Å². The van der Waals surface area contributed by atoms with Gasteiger partial charge in [-0.2, -0.15) is 0 Å². The molecule has 2 aliphatic heterocycles. The van der Waals surface area contributed by atoms with Crippen LogP contribution in [0.5, 0.6) is 0 Å². The van der Waals surface area contributed by atoms with Gasteiger partial charge in [0.15, 0.2) is 0 Å². The number of piperazine rings is 1. The number of benzene rings is 1. The number of para-hydroxylation sites is 1. The van der Waals surface area contributed by atoms with Crippen LogP contribution < -0.4 is 15.9 Å². The molecule has 2 fully saturated rings. The van der Waals surface area contributed by atoms with Crippen molar-refractivity contribution in [2.45, 2.75) is 18.5 Å². The summed E-state index contributed by atoms with van der Waals surface area (Å²) in [6, 6.07) is 7.29. The third kappa shape index (κ3) is 1.22. The molecule has 2 aliphatic rings. The highest BCUT2D eigenvalue weighted by atomic mass is 16.1. The predicted molar refractivity (Wildman–Crippen MR) is 71.1 cm³/mol. The minimum Gasteiger partial charge on any atom is -0.364 e. The van der Waals surface area contributed by atoms with Gasteiger partial charge < -0.3 is 15.2 Å². The van der Waals surface area contributed by atoms with Crippen molar-refractivity contribution >= 4 is 16.7 Å². The van der Waals surface area contributed by atoms with E-state index in [0.717, 1.165) is 24.1 Å². The molecule has 18 heavy (non-hydrogen) atoms. The first-order valence-electron chi connectivity index (χ1n) is 6.42. The molecule has 0 unspecified atom stereocenters. The number of nitrogens with zero attached hydrogens (tertiary/aromatic N) is 2. The lowest BCUT2D eigenvalue weighted by molar-refractivity contribution is 0.580. The summed E-state index contributed by atoms with van der Waals surface area (Å²) in [4.78, 5) is 17.1. The molecule has 0 radical (unpaired) electrons. The van der Waals surface area contributed by atoms with Crippen molar-refractivity contribution < 1.29 is 0 Å². The fourth-order valence-corrected chi connectivity index (χ4v) is 3.37. The molecule has 4 rings (SSSR count). The van der Waals surface area contributed by atoms with Gasteiger partial charge in [-0.3, -0.25) is 4.57 Å². The topological polar surface area (TPSA) is 53.1 Å². The Hall–Kier alpha value is -1.75. The molecule has 3 heterocycles. The third-order valence-electron chi connectivity index (χ3n) is 4.26. The van der Waals surface area contributed by atoms with Crippen molar-refractivity contribution in [1.29, 1.82) is 0 Å². The van der Waals surface area contributed by atoms with Crippen molar-refractivity contribution in [3.05, 3.63) is 28.7 Å². The zero-order chi connectivity index (χ0) is 12.3. The van der Waals surface area contributed by atoms with E-state index in [9.17, 15) is 4.79 Å². The molecule has 94 valence electrons. The van der Waals surface area contributed by atoms with Crippen LogP contribution in [0.2, 0.25) is 0 Å². The summed E-state index contributed by atoms with van der Waals surface area (Å²) in [5.74, 6) is 0. The van der Waals surface area contributed by atoms with Crippen molar-refractivity contribution in [2.24, 2.45) is 7.05 Å². The molecule has 2 N–H and O–H groups in total. The summed E-state index contributed by atoms with van der Waals surface area (Å²) in [6.07, 6.45) is 1.22. The van der Waals surface area contributed by atoms with Crippen LogP contribution in [-0.2, 0) is 7.05 Å². The number of aromatic nitrogens is 2. The molecular weight excluding hydrogens is 228 g/mol. The van der Waals surface area contributed by atoms with Gasteiger partial charge in [0, 0.05) is 32.2 Å². The summed E-state index contributed by atoms with van der Waals surface area (Å²) in [5, 5.41) is 3.51. The van der Waals surface area contributed by atoms with Gasteiger partial charge in [0.1, 0.15) is 0 Å². The molecule has 1 aromatic carbocycles. The number of hydrogen-bond donors (Lipinski definition) is 2. The largest absolute Gasteiger partial charge is 0.364 e. The van der Waals surface area contributed by atoms with E-state index >= 15 is 0 Å². The maximum absolute atomic E-state index is 11.7. The first kappa shape index (κ1) is 10.2. The first-order valence-corrected chi connectivity index (χ1v) is 6.42. The van der Waals surface area contributed by atoms with Crippen LogP contribution in [0.15, 0.2) is 23.0 Å². The third-order valence-corrected chi connectivity index (χ3v) is 4.26. The summed E-state index contributed by atoms with van der Waals surface area (Å²) >= 11 is 0. The summed E-state index contributed by atoms with van der Waals surface area (Å²) in [6.45, 7) is 2.10. The zero-order valence-electron chi connectivity index (χ0n) is 10.3. The molecule has 5 heteroatoms. The Balaban J connectivity index is 1.92. The summed E-state index contributed by atoms with van der Waals surface area (Å²) in [7, 11) is 1.83. The fourth-order valence-electron chi connectivity index (χ4n) is 3.37. The fraction of sp³-hybridized carbons (Fsp3) is 0.462. The number of rotatable bonds is 1. The van der Waals surface area contributed by atoms with Gasteiger partial charge in [-0.15, -0.1) is 0 Å². The van der Waals surface area contributed by atoms with E-state index in [1.165, 1.54) is 12.1 Å². The quantitative estimate of drug-likeness (QED) is 0.764. The van der Waals surface area contributed by atoms with Crippen molar-refractivity contribution in [3.63, 3.8) is 0 Å². The minimum atomic E-state index is -0.0417. The molecule has 0 aliphatic carbocycles. The van der Waals surface area contributed by atoms with Gasteiger partial charge in [-0.1, -0.05) is 6.07 Å². The Morgan fingerprint density at radius 2 is 2.28 bits per heavy atom. The van der Waals surface area contributed by atoms with E-state index in [0.29, 0.717) is 12.1 Å². The first-order chi connectivity index (χ1) is 8.74. The lowest BCUT2D eigenvalue weighted by atomic mass is 10.2. The van der Waals surface area contributed by atoms with Gasteiger partial charge in [0.2, 0.25) is 0 Å². The number of aryl methyl sites for hydroxylation is 1. The Bertz CT molecular complexity index is 671. The lowest BCUT2D eigenvalue weighted by Crippen LogP contribution is -2.43. The van der Waals surface area contributed by atoms with Crippen LogP contribution in [0.25, 0.3) is 11.0 Å². The van der Waals surface area contributed by atoms with Crippen LogP contribution >= 0.6 is 0 Å². The van der Waals surface area contributed by atoms with E-state index in [1.54, 1.807) is 4.57 Å². The molecule has 2 saturated heterocycles. The highest BCUT2D eigenvalue weighted by molar-refractivity contribution is 5.89.